The number of H-pyrrole nitrogens is 1. The number of nitrogens with one attached hydrogen (secondary N) is 2. The van der Waals surface area contributed by atoms with Crippen molar-refractivity contribution in [2.24, 2.45) is 29.6 Å². The number of hydrogen-bond acceptors (Lipinski definition) is 7. The Kier molecular flexibility index (Phi) is 5.88. The van der Waals surface area contributed by atoms with Crippen molar-refractivity contribution in [1.29, 1.82) is 0 Å². The molecule has 4 aromatic rings. The first kappa shape index (κ1) is 25.8. The molecule has 8 rings (SSSR count). The van der Waals surface area contributed by atoms with Crippen LogP contribution >= 0.6 is 23.1 Å². The average molecular weight is 598 g/mol. The number of ether oxygens (including phenoxy) is 1. The molecule has 3 aromatic carbocycles. The van der Waals surface area contributed by atoms with Crippen LogP contribution in [0, 0.1) is 29.6 Å². The maximum atomic E-state index is 13.9. The normalized spacial score (nSPS) is 29.0. The summed E-state index contributed by atoms with van der Waals surface area (Å²) in [6, 6.07) is 21.4. The van der Waals surface area contributed by atoms with Gasteiger partial charge < -0.3 is 15.0 Å². The lowest BCUT2D eigenvalue weighted by Crippen LogP contribution is -2.42. The highest BCUT2D eigenvalue weighted by molar-refractivity contribution is 8.00. The number of para-hydroxylation sites is 1. The topological polar surface area (TPSA) is 109 Å². The number of anilines is 1. The van der Waals surface area contributed by atoms with Crippen molar-refractivity contribution >= 4 is 57.3 Å². The Morgan fingerprint density at radius 1 is 0.976 bits per heavy atom. The van der Waals surface area contributed by atoms with Gasteiger partial charge in [-0.1, -0.05) is 59.9 Å². The van der Waals surface area contributed by atoms with Crippen molar-refractivity contribution in [1.82, 2.24) is 9.88 Å². The van der Waals surface area contributed by atoms with Gasteiger partial charge in [-0.15, -0.1) is 11.8 Å². The molecule has 42 heavy (non-hydrogen) atoms. The van der Waals surface area contributed by atoms with E-state index < -0.39 is 17.7 Å². The summed E-state index contributed by atoms with van der Waals surface area (Å²) < 4.78 is 5.74. The number of aromatic nitrogens is 1. The van der Waals surface area contributed by atoms with Gasteiger partial charge in [-0.25, -0.2) is 0 Å². The van der Waals surface area contributed by atoms with Crippen LogP contribution in [0.4, 0.5) is 5.69 Å². The van der Waals surface area contributed by atoms with Crippen LogP contribution in [-0.4, -0.2) is 46.5 Å². The zero-order chi connectivity index (χ0) is 28.7. The lowest BCUT2D eigenvalue weighted by molar-refractivity contribution is -0.143. The molecule has 1 aromatic heterocycles. The third kappa shape index (κ3) is 3.74. The van der Waals surface area contributed by atoms with E-state index in [1.165, 1.54) is 16.2 Å². The quantitative estimate of drug-likeness (QED) is 0.323. The van der Waals surface area contributed by atoms with Gasteiger partial charge in [-0.3, -0.25) is 24.1 Å². The van der Waals surface area contributed by atoms with E-state index in [9.17, 15) is 19.2 Å². The van der Waals surface area contributed by atoms with Gasteiger partial charge in [-0.05, 0) is 53.1 Å². The molecule has 2 aliphatic heterocycles. The molecule has 0 spiro atoms. The highest BCUT2D eigenvalue weighted by Gasteiger charge is 2.69. The van der Waals surface area contributed by atoms with Gasteiger partial charge in [0.2, 0.25) is 17.7 Å². The number of aromatic amines is 1. The van der Waals surface area contributed by atoms with E-state index in [2.05, 4.69) is 10.3 Å². The fourth-order valence-electron chi connectivity index (χ4n) is 8.12. The second-order valence-electron chi connectivity index (χ2n) is 11.6. The molecular weight excluding hydrogens is 571 g/mol. The van der Waals surface area contributed by atoms with Crippen LogP contribution in [0.25, 0.3) is 10.8 Å². The van der Waals surface area contributed by atoms with Crippen LogP contribution in [0.5, 0.6) is 5.75 Å². The standard InChI is InChI=1S/C32H27N3O5S2/c1-40-21-9-5-4-8-18(21)23-24-19-13-20(27(24)41-29-28(23)42-32(39)34-29)26-25(19)30(37)35(31(26)38)14-22(36)33-17-11-10-15-6-2-3-7-16(15)12-17/h2-12,19-20,23-27H,13-14H2,1H3,(H,33,36)(H,34,39)/t19?,20?,23-,24?,25?,26?,27?/m1/s1. The highest BCUT2D eigenvalue weighted by atomic mass is 32.2. The van der Waals surface area contributed by atoms with E-state index in [0.717, 1.165) is 38.4 Å². The van der Waals surface area contributed by atoms with E-state index in [4.69, 9.17) is 4.74 Å². The van der Waals surface area contributed by atoms with Gasteiger partial charge in [0, 0.05) is 27.3 Å². The number of carbonyl (C=O) groups is 3. The molecule has 6 unspecified atom stereocenters. The maximum Gasteiger partial charge on any atom is 0.305 e. The second-order valence-corrected chi connectivity index (χ2v) is 13.8. The molecule has 212 valence electrons. The smallest absolute Gasteiger partial charge is 0.305 e. The predicted molar refractivity (Wildman–Crippen MR) is 161 cm³/mol. The van der Waals surface area contributed by atoms with Crippen molar-refractivity contribution in [2.45, 2.75) is 22.6 Å². The summed E-state index contributed by atoms with van der Waals surface area (Å²) in [5, 5.41) is 5.86. The van der Waals surface area contributed by atoms with Gasteiger partial charge in [0.05, 0.1) is 24.0 Å². The molecule has 2 saturated carbocycles. The number of likely N-dealkylation sites (tertiary alicyclic amines) is 1. The first-order valence-corrected chi connectivity index (χ1v) is 15.8. The maximum absolute atomic E-state index is 13.9. The minimum Gasteiger partial charge on any atom is -0.496 e. The molecule has 4 aliphatic rings. The van der Waals surface area contributed by atoms with Gasteiger partial charge >= 0.3 is 4.87 Å². The molecule has 10 heteroatoms. The van der Waals surface area contributed by atoms with Crippen molar-refractivity contribution in [3.63, 3.8) is 0 Å². The van der Waals surface area contributed by atoms with Crippen LogP contribution in [-0.2, 0) is 14.4 Å². The van der Waals surface area contributed by atoms with Gasteiger partial charge in [0.1, 0.15) is 12.3 Å². The minimum absolute atomic E-state index is 0.00578. The zero-order valence-electron chi connectivity index (χ0n) is 22.6. The van der Waals surface area contributed by atoms with Crippen molar-refractivity contribution in [3.05, 3.63) is 86.8 Å². The SMILES string of the molecule is COc1ccccc1[C@H]1c2sc(=O)[nH]c2SC2C3CC(C4C(=O)N(CC(=O)Nc5ccc6ccccc6c5)C(=O)C34)C21. The monoisotopic (exact) mass is 597 g/mol. The third-order valence-corrected chi connectivity index (χ3v) is 12.2. The molecule has 2 aliphatic carbocycles. The lowest BCUT2D eigenvalue weighted by atomic mass is 9.68. The van der Waals surface area contributed by atoms with E-state index in [-0.39, 0.29) is 52.2 Å². The number of imide groups is 1. The Balaban J connectivity index is 1.09. The number of fused-ring (bicyclic) bond motifs is 10. The van der Waals surface area contributed by atoms with E-state index in [0.29, 0.717) is 5.69 Å². The van der Waals surface area contributed by atoms with Crippen molar-refractivity contribution in [3.8, 4) is 5.75 Å². The summed E-state index contributed by atoms with van der Waals surface area (Å²) in [5.74, 6) is -1.10. The largest absolute Gasteiger partial charge is 0.496 e. The van der Waals surface area contributed by atoms with Crippen molar-refractivity contribution < 1.29 is 19.1 Å². The summed E-state index contributed by atoms with van der Waals surface area (Å²) in [6.45, 7) is -0.296. The number of rotatable bonds is 5. The molecule has 8 nitrogen and oxygen atoms in total. The summed E-state index contributed by atoms with van der Waals surface area (Å²) in [4.78, 5) is 58.3. The van der Waals surface area contributed by atoms with E-state index >= 15 is 0 Å². The predicted octanol–water partition coefficient (Wildman–Crippen LogP) is 4.71. The fourth-order valence-corrected chi connectivity index (χ4v) is 11.0. The molecule has 2 N–H and O–H groups in total. The van der Waals surface area contributed by atoms with Crippen LogP contribution in [0.3, 0.4) is 0 Å². The Hall–Kier alpha value is -3.89. The summed E-state index contributed by atoms with van der Waals surface area (Å²) >= 11 is 2.87. The van der Waals surface area contributed by atoms with Crippen LogP contribution in [0.1, 0.15) is 22.8 Å². The van der Waals surface area contributed by atoms with E-state index in [1.54, 1.807) is 18.9 Å². The first-order valence-electron chi connectivity index (χ1n) is 14.1. The summed E-state index contributed by atoms with van der Waals surface area (Å²) in [6.07, 6.45) is 0.789. The second kappa shape index (κ2) is 9.57. The fraction of sp³-hybridized carbons (Fsp3) is 0.312. The molecule has 3 heterocycles. The number of methoxy groups -OCH3 is 1. The lowest BCUT2D eigenvalue weighted by Gasteiger charge is -2.43. The molecular formula is C32H27N3O5S2. The zero-order valence-corrected chi connectivity index (χ0v) is 24.2. The van der Waals surface area contributed by atoms with Crippen LogP contribution < -0.4 is 14.9 Å². The number of thioether (sulfide) groups is 1. The van der Waals surface area contributed by atoms with Crippen molar-refractivity contribution in [2.75, 3.05) is 19.0 Å². The highest BCUT2D eigenvalue weighted by Crippen LogP contribution is 2.69. The molecule has 1 saturated heterocycles. The summed E-state index contributed by atoms with van der Waals surface area (Å²) in [5.41, 5.74) is 1.62. The third-order valence-electron chi connectivity index (χ3n) is 9.62. The van der Waals surface area contributed by atoms with Crippen LogP contribution in [0.15, 0.2) is 76.6 Å². The van der Waals surface area contributed by atoms with E-state index in [1.807, 2.05) is 66.7 Å². The number of carbonyl (C=O) groups excluding carboxylic acids is 3. The number of hydrogen-bond donors (Lipinski definition) is 2. The number of nitrogens with zero attached hydrogens (tertiary/aromatic N) is 1. The molecule has 3 amide bonds. The number of thiazole rings is 1. The molecule has 7 atom stereocenters. The minimum atomic E-state index is -0.452. The first-order chi connectivity index (χ1) is 20.4. The van der Waals surface area contributed by atoms with Gasteiger partial charge in [0.25, 0.3) is 0 Å². The molecule has 3 fully saturated rings. The summed E-state index contributed by atoms with van der Waals surface area (Å²) in [7, 11) is 1.64. The Bertz CT molecular complexity index is 1850. The average Bonchev–Trinajstić information content (AvgIpc) is 3.73. The Morgan fingerprint density at radius 3 is 2.52 bits per heavy atom. The number of amides is 3. The van der Waals surface area contributed by atoms with Gasteiger partial charge in [0.15, 0.2) is 0 Å². The Labute approximate surface area is 249 Å². The van der Waals surface area contributed by atoms with Crippen LogP contribution in [0.2, 0.25) is 0 Å². The molecule has 0 radical (unpaired) electrons. The Morgan fingerprint density at radius 2 is 1.71 bits per heavy atom. The van der Waals surface area contributed by atoms with Gasteiger partial charge in [-0.2, -0.15) is 0 Å². The number of benzene rings is 3. The molecule has 2 bridgehead atoms.